The molecule has 3 aromatic rings. The Morgan fingerprint density at radius 1 is 0.917 bits per heavy atom. The zero-order chi connectivity index (χ0) is 25.7. The van der Waals surface area contributed by atoms with Gasteiger partial charge in [0, 0.05) is 5.56 Å². The molecule has 0 bridgehead atoms. The van der Waals surface area contributed by atoms with E-state index >= 15 is 0 Å². The fourth-order valence-corrected chi connectivity index (χ4v) is 3.71. The number of halogens is 1. The van der Waals surface area contributed by atoms with Crippen molar-refractivity contribution in [3.63, 3.8) is 0 Å². The molecule has 8 heteroatoms. The minimum atomic E-state index is -0.807. The molecule has 7 nitrogen and oxygen atoms in total. The number of urea groups is 1. The molecule has 0 saturated carbocycles. The molecule has 1 saturated heterocycles. The monoisotopic (exact) mass is 488 g/mol. The van der Waals surface area contributed by atoms with Gasteiger partial charge in [0.2, 0.25) is 0 Å². The highest BCUT2D eigenvalue weighted by Crippen LogP contribution is 2.31. The predicted octanol–water partition coefficient (Wildman–Crippen LogP) is 5.03. The third kappa shape index (κ3) is 5.27. The van der Waals surface area contributed by atoms with Crippen molar-refractivity contribution in [3.8, 4) is 11.5 Å². The Balaban J connectivity index is 1.61. The van der Waals surface area contributed by atoms with Crippen LogP contribution in [0.15, 0.2) is 72.3 Å². The van der Waals surface area contributed by atoms with Gasteiger partial charge in [-0.1, -0.05) is 43.3 Å². The summed E-state index contributed by atoms with van der Waals surface area (Å²) in [4.78, 5) is 39.1. The number of aryl methyl sites for hydroxylation is 1. The van der Waals surface area contributed by atoms with Crippen molar-refractivity contribution in [2.75, 3.05) is 11.5 Å². The predicted molar refractivity (Wildman–Crippen MR) is 133 cm³/mol. The van der Waals surface area contributed by atoms with Gasteiger partial charge in [0.05, 0.1) is 12.3 Å². The van der Waals surface area contributed by atoms with Gasteiger partial charge in [-0.15, -0.1) is 0 Å². The van der Waals surface area contributed by atoms with Crippen LogP contribution in [0.5, 0.6) is 11.5 Å². The number of amides is 4. The molecular weight excluding hydrogens is 463 g/mol. The molecule has 0 unspecified atom stereocenters. The normalized spacial score (nSPS) is 14.7. The Labute approximate surface area is 208 Å². The zero-order valence-corrected chi connectivity index (χ0v) is 19.9. The fourth-order valence-electron chi connectivity index (χ4n) is 3.71. The molecule has 4 amide bonds. The summed E-state index contributed by atoms with van der Waals surface area (Å²) in [6.45, 7) is 4.14. The SMILES string of the molecule is CCOc1cc(C=C2C(=O)NC(=O)N(c3ccc(CC)cc3)C2=O)ccc1OCc1ccccc1F. The molecule has 184 valence electrons. The zero-order valence-electron chi connectivity index (χ0n) is 19.9. The van der Waals surface area contributed by atoms with Gasteiger partial charge in [-0.3, -0.25) is 14.9 Å². The average Bonchev–Trinajstić information content (AvgIpc) is 2.87. The lowest BCUT2D eigenvalue weighted by Crippen LogP contribution is -2.54. The third-order valence-corrected chi connectivity index (χ3v) is 5.62. The molecule has 1 aliphatic rings. The highest BCUT2D eigenvalue weighted by molar-refractivity contribution is 6.39. The van der Waals surface area contributed by atoms with E-state index in [2.05, 4.69) is 5.32 Å². The van der Waals surface area contributed by atoms with Crippen LogP contribution in [-0.4, -0.2) is 24.5 Å². The van der Waals surface area contributed by atoms with Crippen LogP contribution in [0.25, 0.3) is 6.08 Å². The van der Waals surface area contributed by atoms with Gasteiger partial charge in [-0.05, 0) is 60.9 Å². The summed E-state index contributed by atoms with van der Waals surface area (Å²) < 4.78 is 25.4. The van der Waals surface area contributed by atoms with Gasteiger partial charge in [0.1, 0.15) is 18.0 Å². The lowest BCUT2D eigenvalue weighted by Gasteiger charge is -2.26. The smallest absolute Gasteiger partial charge is 0.335 e. The summed E-state index contributed by atoms with van der Waals surface area (Å²) in [5, 5.41) is 2.22. The number of rotatable bonds is 8. The molecule has 0 radical (unpaired) electrons. The summed E-state index contributed by atoms with van der Waals surface area (Å²) in [5.74, 6) is -1.14. The van der Waals surface area contributed by atoms with Crippen LogP contribution >= 0.6 is 0 Å². The summed E-state index contributed by atoms with van der Waals surface area (Å²) in [6.07, 6.45) is 2.20. The number of imide groups is 2. The molecular formula is C28H25FN2O5. The van der Waals surface area contributed by atoms with E-state index in [0.717, 1.165) is 16.9 Å². The van der Waals surface area contributed by atoms with Crippen LogP contribution in [0.2, 0.25) is 0 Å². The molecule has 1 N–H and O–H groups in total. The first kappa shape index (κ1) is 24.7. The van der Waals surface area contributed by atoms with E-state index in [1.54, 1.807) is 55.5 Å². The first-order valence-electron chi connectivity index (χ1n) is 11.5. The Hall–Kier alpha value is -4.46. The lowest BCUT2D eigenvalue weighted by molar-refractivity contribution is -0.122. The Kier molecular flexibility index (Phi) is 7.44. The van der Waals surface area contributed by atoms with Crippen LogP contribution in [0.4, 0.5) is 14.9 Å². The van der Waals surface area contributed by atoms with Crippen LogP contribution in [-0.2, 0) is 22.6 Å². The minimum Gasteiger partial charge on any atom is -0.490 e. The van der Waals surface area contributed by atoms with E-state index in [-0.39, 0.29) is 18.0 Å². The van der Waals surface area contributed by atoms with Gasteiger partial charge in [0.15, 0.2) is 11.5 Å². The second-order valence-corrected chi connectivity index (χ2v) is 8.00. The lowest BCUT2D eigenvalue weighted by atomic mass is 10.1. The van der Waals surface area contributed by atoms with E-state index in [1.807, 2.05) is 19.1 Å². The highest BCUT2D eigenvalue weighted by atomic mass is 19.1. The summed E-state index contributed by atoms with van der Waals surface area (Å²) in [6, 6.07) is 17.4. The number of anilines is 1. The van der Waals surface area contributed by atoms with Crippen molar-refractivity contribution in [1.29, 1.82) is 0 Å². The van der Waals surface area contributed by atoms with Crippen molar-refractivity contribution < 1.29 is 28.2 Å². The number of hydrogen-bond donors (Lipinski definition) is 1. The summed E-state index contributed by atoms with van der Waals surface area (Å²) in [5.41, 5.74) is 2.10. The number of nitrogens with one attached hydrogen (secondary N) is 1. The number of carbonyl (C=O) groups excluding carboxylic acids is 3. The number of carbonyl (C=O) groups is 3. The average molecular weight is 489 g/mol. The first-order valence-corrected chi connectivity index (χ1v) is 11.5. The third-order valence-electron chi connectivity index (χ3n) is 5.62. The Morgan fingerprint density at radius 2 is 1.67 bits per heavy atom. The van der Waals surface area contributed by atoms with E-state index < -0.39 is 17.8 Å². The van der Waals surface area contributed by atoms with Crippen LogP contribution in [0.1, 0.15) is 30.5 Å². The number of nitrogens with zero attached hydrogens (tertiary/aromatic N) is 1. The molecule has 0 spiro atoms. The van der Waals surface area contributed by atoms with Gasteiger partial charge >= 0.3 is 6.03 Å². The van der Waals surface area contributed by atoms with Gasteiger partial charge in [-0.2, -0.15) is 0 Å². The molecule has 1 aliphatic heterocycles. The van der Waals surface area contributed by atoms with E-state index in [0.29, 0.717) is 34.9 Å². The molecule has 0 aliphatic carbocycles. The van der Waals surface area contributed by atoms with Crippen molar-refractivity contribution >= 4 is 29.6 Å². The second-order valence-electron chi connectivity index (χ2n) is 8.00. The summed E-state index contributed by atoms with van der Waals surface area (Å²) >= 11 is 0. The number of barbiturate groups is 1. The van der Waals surface area contributed by atoms with Crippen molar-refractivity contribution in [1.82, 2.24) is 5.32 Å². The topological polar surface area (TPSA) is 84.9 Å². The van der Waals surface area contributed by atoms with Gasteiger partial charge in [-0.25, -0.2) is 14.1 Å². The summed E-state index contributed by atoms with van der Waals surface area (Å²) in [7, 11) is 0. The molecule has 4 rings (SSSR count). The van der Waals surface area contributed by atoms with Crippen LogP contribution < -0.4 is 19.7 Å². The quantitative estimate of drug-likeness (QED) is 0.355. The van der Waals surface area contributed by atoms with Crippen molar-refractivity contribution in [3.05, 3.63) is 94.8 Å². The van der Waals surface area contributed by atoms with Gasteiger partial charge < -0.3 is 9.47 Å². The second kappa shape index (κ2) is 10.9. The van der Waals surface area contributed by atoms with E-state index in [4.69, 9.17) is 9.47 Å². The van der Waals surface area contributed by atoms with E-state index in [1.165, 1.54) is 12.1 Å². The number of ether oxygens (including phenoxy) is 2. The Bertz CT molecular complexity index is 1330. The maximum absolute atomic E-state index is 13.9. The molecule has 1 fully saturated rings. The molecule has 1 heterocycles. The fraction of sp³-hybridized carbons (Fsp3) is 0.179. The number of hydrogen-bond acceptors (Lipinski definition) is 5. The molecule has 0 aromatic heterocycles. The van der Waals surface area contributed by atoms with E-state index in [9.17, 15) is 18.8 Å². The Morgan fingerprint density at radius 3 is 2.36 bits per heavy atom. The van der Waals surface area contributed by atoms with Gasteiger partial charge in [0.25, 0.3) is 11.8 Å². The maximum Gasteiger partial charge on any atom is 0.335 e. The first-order chi connectivity index (χ1) is 17.4. The molecule has 36 heavy (non-hydrogen) atoms. The standard InChI is InChI=1S/C28H25FN2O5/c1-3-18-9-12-21(13-10-18)31-27(33)22(26(32)30-28(31)34)15-19-11-14-24(25(16-19)35-4-2)36-17-20-7-5-6-8-23(20)29/h5-16H,3-4,17H2,1-2H3,(H,30,32,34). The maximum atomic E-state index is 13.9. The highest BCUT2D eigenvalue weighted by Gasteiger charge is 2.36. The molecule has 0 atom stereocenters. The van der Waals surface area contributed by atoms with Crippen LogP contribution in [0.3, 0.4) is 0 Å². The largest absolute Gasteiger partial charge is 0.490 e. The van der Waals surface area contributed by atoms with Crippen LogP contribution in [0, 0.1) is 5.82 Å². The molecule has 3 aromatic carbocycles. The van der Waals surface area contributed by atoms with Crippen molar-refractivity contribution in [2.45, 2.75) is 26.9 Å². The van der Waals surface area contributed by atoms with Crippen molar-refractivity contribution in [2.24, 2.45) is 0 Å². The number of benzene rings is 3. The minimum absolute atomic E-state index is 0.00195.